The van der Waals surface area contributed by atoms with E-state index in [9.17, 15) is 4.79 Å². The van der Waals surface area contributed by atoms with Crippen molar-refractivity contribution >= 4 is 27.6 Å². The van der Waals surface area contributed by atoms with Gasteiger partial charge in [-0.05, 0) is 31.2 Å². The highest BCUT2D eigenvalue weighted by Crippen LogP contribution is 2.12. The summed E-state index contributed by atoms with van der Waals surface area (Å²) < 4.78 is 6.08. The summed E-state index contributed by atoms with van der Waals surface area (Å²) in [4.78, 5) is 11.9. The third-order valence-electron chi connectivity index (χ3n) is 2.93. The smallest absolute Gasteiger partial charge is 0.338 e. The fourth-order valence-corrected chi connectivity index (χ4v) is 1.98. The second-order valence-electron chi connectivity index (χ2n) is 4.50. The van der Waals surface area contributed by atoms with Crippen LogP contribution >= 0.6 is 15.9 Å². The molecule has 0 saturated heterocycles. The minimum absolute atomic E-state index is 0.0924. The van der Waals surface area contributed by atoms with Crippen LogP contribution < -0.4 is 0 Å². The van der Waals surface area contributed by atoms with E-state index >= 15 is 0 Å². The Morgan fingerprint density at radius 3 is 2.24 bits per heavy atom. The fourth-order valence-electron chi connectivity index (χ4n) is 1.72. The predicted molar refractivity (Wildman–Crippen MR) is 83.9 cm³/mol. The van der Waals surface area contributed by atoms with Crippen molar-refractivity contribution in [3.05, 3.63) is 69.7 Å². The highest BCUT2D eigenvalue weighted by atomic mass is 79.9. The number of rotatable bonds is 4. The van der Waals surface area contributed by atoms with Gasteiger partial charge >= 0.3 is 5.97 Å². The van der Waals surface area contributed by atoms with Crippen LogP contribution in [0.15, 0.2) is 58.2 Å². The van der Waals surface area contributed by atoms with Gasteiger partial charge in [0.25, 0.3) is 0 Å². The van der Waals surface area contributed by atoms with Crippen LogP contribution in [0.5, 0.6) is 0 Å². The van der Waals surface area contributed by atoms with E-state index in [4.69, 9.17) is 9.94 Å². The number of ether oxygens (including phenoxy) is 1. The van der Waals surface area contributed by atoms with E-state index in [0.717, 1.165) is 10.0 Å². The molecule has 0 aliphatic rings. The number of nitrogens with zero attached hydrogens (tertiary/aromatic N) is 1. The molecule has 2 aromatic carbocycles. The Morgan fingerprint density at radius 1 is 1.10 bits per heavy atom. The fraction of sp³-hybridized carbons (Fsp3) is 0.125. The molecule has 108 valence electrons. The van der Waals surface area contributed by atoms with Crippen LogP contribution in [0.4, 0.5) is 0 Å². The predicted octanol–water partition coefficient (Wildman–Crippen LogP) is 3.79. The number of hydrogen-bond donors (Lipinski definition) is 1. The number of halogens is 1. The van der Waals surface area contributed by atoms with E-state index in [-0.39, 0.29) is 6.61 Å². The molecule has 0 radical (unpaired) electrons. The van der Waals surface area contributed by atoms with Gasteiger partial charge in [-0.2, -0.15) is 0 Å². The molecular formula is C16H14BrNO3. The Balaban J connectivity index is 2.02. The largest absolute Gasteiger partial charge is 0.455 e. The summed E-state index contributed by atoms with van der Waals surface area (Å²) in [7, 11) is 0. The zero-order valence-electron chi connectivity index (χ0n) is 11.4. The molecule has 0 heterocycles. The lowest BCUT2D eigenvalue weighted by atomic mass is 10.1. The van der Waals surface area contributed by atoms with Crippen molar-refractivity contribution in [3.63, 3.8) is 0 Å². The van der Waals surface area contributed by atoms with Crippen LogP contribution in [0.3, 0.4) is 0 Å². The zero-order chi connectivity index (χ0) is 15.2. The third kappa shape index (κ3) is 4.16. The summed E-state index contributed by atoms with van der Waals surface area (Å²) in [6.45, 7) is 1.85. The summed E-state index contributed by atoms with van der Waals surface area (Å²) in [5.41, 5.74) is 2.52. The van der Waals surface area contributed by atoms with Crippen LogP contribution in [0.25, 0.3) is 0 Å². The molecule has 2 aromatic rings. The van der Waals surface area contributed by atoms with E-state index < -0.39 is 5.97 Å². The molecule has 0 unspecified atom stereocenters. The van der Waals surface area contributed by atoms with Crippen molar-refractivity contribution < 1.29 is 14.7 Å². The van der Waals surface area contributed by atoms with Gasteiger partial charge in [0.05, 0.1) is 5.56 Å². The number of hydrogen-bond acceptors (Lipinski definition) is 4. The Morgan fingerprint density at radius 2 is 1.67 bits per heavy atom. The lowest BCUT2D eigenvalue weighted by Crippen LogP contribution is -2.15. The SMILES string of the molecule is Cc1ccc(C(=O)OC/C(=N\O)c2ccc(Br)cc2)cc1. The van der Waals surface area contributed by atoms with Crippen molar-refractivity contribution in [2.75, 3.05) is 6.61 Å². The van der Waals surface area contributed by atoms with Crippen LogP contribution in [0.2, 0.25) is 0 Å². The molecule has 5 heteroatoms. The first-order valence-corrected chi connectivity index (χ1v) is 7.10. The first-order chi connectivity index (χ1) is 10.1. The summed E-state index contributed by atoms with van der Waals surface area (Å²) in [5, 5.41) is 12.2. The van der Waals surface area contributed by atoms with E-state index in [1.54, 1.807) is 24.3 Å². The van der Waals surface area contributed by atoms with Gasteiger partial charge in [-0.3, -0.25) is 0 Å². The summed E-state index contributed by atoms with van der Waals surface area (Å²) in [6, 6.07) is 14.3. The monoisotopic (exact) mass is 347 g/mol. The van der Waals surface area contributed by atoms with Crippen molar-refractivity contribution in [2.45, 2.75) is 6.92 Å². The number of carbonyl (C=O) groups excluding carboxylic acids is 1. The van der Waals surface area contributed by atoms with Crippen LogP contribution in [-0.2, 0) is 4.74 Å². The van der Waals surface area contributed by atoms with Gasteiger partial charge in [-0.15, -0.1) is 0 Å². The van der Waals surface area contributed by atoms with Crippen LogP contribution in [-0.4, -0.2) is 23.5 Å². The molecule has 1 N–H and O–H groups in total. The Hall–Kier alpha value is -2.14. The maximum Gasteiger partial charge on any atom is 0.338 e. The maximum absolute atomic E-state index is 11.9. The average molecular weight is 348 g/mol. The topological polar surface area (TPSA) is 58.9 Å². The number of oxime groups is 1. The third-order valence-corrected chi connectivity index (χ3v) is 3.45. The molecular weight excluding hydrogens is 334 g/mol. The van der Waals surface area contributed by atoms with E-state index in [2.05, 4.69) is 21.1 Å². The van der Waals surface area contributed by atoms with Gasteiger partial charge in [0, 0.05) is 10.0 Å². The molecule has 0 aliphatic heterocycles. The van der Waals surface area contributed by atoms with Gasteiger partial charge in [0.1, 0.15) is 12.3 Å². The highest BCUT2D eigenvalue weighted by Gasteiger charge is 2.11. The van der Waals surface area contributed by atoms with Crippen molar-refractivity contribution in [1.29, 1.82) is 0 Å². The number of carbonyl (C=O) groups is 1. The molecule has 0 fully saturated rings. The lowest BCUT2D eigenvalue weighted by Gasteiger charge is -2.07. The highest BCUT2D eigenvalue weighted by molar-refractivity contribution is 9.10. The van der Waals surface area contributed by atoms with Gasteiger partial charge in [-0.1, -0.05) is 50.9 Å². The van der Waals surface area contributed by atoms with E-state index in [0.29, 0.717) is 16.8 Å². The summed E-state index contributed by atoms with van der Waals surface area (Å²) >= 11 is 3.33. The van der Waals surface area contributed by atoms with Crippen LogP contribution in [0, 0.1) is 6.92 Å². The maximum atomic E-state index is 11.9. The standard InChI is InChI=1S/C16H14BrNO3/c1-11-2-4-13(5-3-11)16(19)21-10-15(18-20)12-6-8-14(17)9-7-12/h2-9,20H,10H2,1H3/b18-15+. The second kappa shape index (κ2) is 7.04. The van der Waals surface area contributed by atoms with Crippen molar-refractivity contribution in [2.24, 2.45) is 5.16 Å². The quantitative estimate of drug-likeness (QED) is 0.396. The molecule has 4 nitrogen and oxygen atoms in total. The minimum atomic E-state index is -0.451. The normalized spacial score (nSPS) is 11.2. The van der Waals surface area contributed by atoms with Gasteiger partial charge in [0.15, 0.2) is 0 Å². The molecule has 21 heavy (non-hydrogen) atoms. The molecule has 0 saturated carbocycles. The molecule has 2 rings (SSSR count). The van der Waals surface area contributed by atoms with Gasteiger partial charge in [-0.25, -0.2) is 4.79 Å². The molecule has 0 aliphatic carbocycles. The number of aryl methyl sites for hydroxylation is 1. The Labute approximate surface area is 131 Å². The molecule has 0 bridgehead atoms. The van der Waals surface area contributed by atoms with Crippen molar-refractivity contribution in [1.82, 2.24) is 0 Å². The van der Waals surface area contributed by atoms with Crippen LogP contribution in [0.1, 0.15) is 21.5 Å². The lowest BCUT2D eigenvalue weighted by molar-refractivity contribution is 0.0562. The van der Waals surface area contributed by atoms with Crippen molar-refractivity contribution in [3.8, 4) is 0 Å². The molecule has 0 atom stereocenters. The summed E-state index contributed by atoms with van der Waals surface area (Å²) in [5.74, 6) is -0.451. The average Bonchev–Trinajstić information content (AvgIpc) is 2.50. The molecule has 0 spiro atoms. The van der Waals surface area contributed by atoms with E-state index in [1.165, 1.54) is 0 Å². The Bertz CT molecular complexity index is 648. The molecule has 0 aromatic heterocycles. The first kappa shape index (κ1) is 15.3. The zero-order valence-corrected chi connectivity index (χ0v) is 13.0. The number of esters is 1. The number of benzene rings is 2. The summed E-state index contributed by atoms with van der Waals surface area (Å²) in [6.07, 6.45) is 0. The van der Waals surface area contributed by atoms with Gasteiger partial charge < -0.3 is 9.94 Å². The second-order valence-corrected chi connectivity index (χ2v) is 5.41. The van der Waals surface area contributed by atoms with Gasteiger partial charge in [0.2, 0.25) is 0 Å². The minimum Gasteiger partial charge on any atom is -0.455 e. The molecule has 0 amide bonds. The Kier molecular flexibility index (Phi) is 5.11. The first-order valence-electron chi connectivity index (χ1n) is 6.31. The van der Waals surface area contributed by atoms with E-state index in [1.807, 2.05) is 31.2 Å².